The van der Waals surface area contributed by atoms with Crippen molar-refractivity contribution in [2.24, 2.45) is 5.92 Å². The number of aryl methyl sites for hydroxylation is 2. The van der Waals surface area contributed by atoms with Crippen LogP contribution < -0.4 is 10.6 Å². The van der Waals surface area contributed by atoms with Gasteiger partial charge in [-0.25, -0.2) is 4.79 Å². The second kappa shape index (κ2) is 13.3. The minimum Gasteiger partial charge on any atom is -0.507 e. The summed E-state index contributed by atoms with van der Waals surface area (Å²) in [6.45, 7) is 14.6. The third-order valence-electron chi connectivity index (χ3n) is 6.20. The smallest absolute Gasteiger partial charge is 0.408 e. The van der Waals surface area contributed by atoms with Crippen LogP contribution in [0.3, 0.4) is 0 Å². The molecule has 38 heavy (non-hydrogen) atoms. The molecule has 2 unspecified atom stereocenters. The van der Waals surface area contributed by atoms with E-state index >= 15 is 0 Å². The molecule has 2 rings (SSSR count). The fraction of sp³-hybridized carbons (Fsp3) is 0.500. The molecule has 2 atom stereocenters. The standard InChI is InChI=1S/C30H43N3O5/c1-19(2)16-17-22(5)33(25(34)18-31-29(37)38-30(6,7)8)26(23-14-11-13-21(4)27(23)35)28(36)32-24-15-10-9-12-20(24)3/h9-15,19,22,26,35H,16-18H2,1-8H3,(H,31,37)(H,32,36). The first kappa shape index (κ1) is 30.7. The van der Waals surface area contributed by atoms with E-state index in [2.05, 4.69) is 24.5 Å². The number of phenolic OH excluding ortho intramolecular Hbond substituents is 1. The minimum atomic E-state index is -1.13. The van der Waals surface area contributed by atoms with Gasteiger partial charge in [0.15, 0.2) is 0 Å². The summed E-state index contributed by atoms with van der Waals surface area (Å²) in [7, 11) is 0. The number of rotatable bonds is 10. The number of carbonyl (C=O) groups is 3. The number of phenols is 1. The van der Waals surface area contributed by atoms with Crippen LogP contribution in [0.5, 0.6) is 5.75 Å². The van der Waals surface area contributed by atoms with Crippen LogP contribution in [0.4, 0.5) is 10.5 Å². The summed E-state index contributed by atoms with van der Waals surface area (Å²) in [6, 6.07) is 11.0. The van der Waals surface area contributed by atoms with Gasteiger partial charge in [0.1, 0.15) is 23.9 Å². The number of hydrogen-bond donors (Lipinski definition) is 3. The minimum absolute atomic E-state index is 0.0496. The van der Waals surface area contributed by atoms with E-state index in [1.54, 1.807) is 52.0 Å². The van der Waals surface area contributed by atoms with Crippen LogP contribution in [-0.2, 0) is 14.3 Å². The van der Waals surface area contributed by atoms with Crippen molar-refractivity contribution < 1.29 is 24.2 Å². The van der Waals surface area contributed by atoms with Crippen LogP contribution in [0.15, 0.2) is 42.5 Å². The van der Waals surface area contributed by atoms with Crippen LogP contribution >= 0.6 is 0 Å². The maximum Gasteiger partial charge on any atom is 0.408 e. The van der Waals surface area contributed by atoms with Crippen molar-refractivity contribution in [1.29, 1.82) is 0 Å². The molecule has 0 aliphatic rings. The zero-order chi connectivity index (χ0) is 28.6. The molecule has 0 aliphatic carbocycles. The van der Waals surface area contributed by atoms with Gasteiger partial charge in [-0.05, 0) is 77.5 Å². The van der Waals surface area contributed by atoms with Gasteiger partial charge in [0, 0.05) is 17.3 Å². The van der Waals surface area contributed by atoms with Crippen molar-refractivity contribution in [2.75, 3.05) is 11.9 Å². The molecule has 0 radical (unpaired) electrons. The molecule has 0 aliphatic heterocycles. The third kappa shape index (κ3) is 8.78. The van der Waals surface area contributed by atoms with Gasteiger partial charge < -0.3 is 25.4 Å². The van der Waals surface area contributed by atoms with E-state index in [0.717, 1.165) is 12.0 Å². The molecule has 0 heterocycles. The Kier molecular flexibility index (Phi) is 10.7. The van der Waals surface area contributed by atoms with Gasteiger partial charge in [0.05, 0.1) is 0 Å². The van der Waals surface area contributed by atoms with Gasteiger partial charge in [-0.1, -0.05) is 50.2 Å². The van der Waals surface area contributed by atoms with Crippen molar-refractivity contribution in [3.05, 3.63) is 59.2 Å². The first-order chi connectivity index (χ1) is 17.7. The lowest BCUT2D eigenvalue weighted by Crippen LogP contribution is -2.50. The van der Waals surface area contributed by atoms with E-state index < -0.39 is 29.6 Å². The van der Waals surface area contributed by atoms with Gasteiger partial charge >= 0.3 is 6.09 Å². The molecule has 0 fully saturated rings. The molecule has 0 saturated carbocycles. The third-order valence-corrected chi connectivity index (χ3v) is 6.20. The Bertz CT molecular complexity index is 1120. The highest BCUT2D eigenvalue weighted by molar-refractivity contribution is 5.99. The van der Waals surface area contributed by atoms with Gasteiger partial charge in [-0.2, -0.15) is 0 Å². The lowest BCUT2D eigenvalue weighted by Gasteiger charge is -2.37. The molecule has 0 bridgehead atoms. The van der Waals surface area contributed by atoms with Crippen LogP contribution in [0.2, 0.25) is 0 Å². The average Bonchev–Trinajstić information content (AvgIpc) is 2.81. The maximum atomic E-state index is 13.9. The Balaban J connectivity index is 2.52. The van der Waals surface area contributed by atoms with Crippen LogP contribution in [0.1, 0.15) is 77.1 Å². The average molecular weight is 526 g/mol. The second-order valence-electron chi connectivity index (χ2n) is 11.2. The second-order valence-corrected chi connectivity index (χ2v) is 11.2. The molecule has 3 amide bonds. The van der Waals surface area contributed by atoms with Crippen molar-refractivity contribution in [1.82, 2.24) is 10.2 Å². The topological polar surface area (TPSA) is 108 Å². The number of para-hydroxylation sites is 2. The molecule has 0 aromatic heterocycles. The van der Waals surface area contributed by atoms with Crippen LogP contribution in [0.25, 0.3) is 0 Å². The van der Waals surface area contributed by atoms with Gasteiger partial charge in [0.2, 0.25) is 5.91 Å². The summed E-state index contributed by atoms with van der Waals surface area (Å²) in [6.07, 6.45) is 0.743. The van der Waals surface area contributed by atoms with E-state index in [1.165, 1.54) is 4.90 Å². The number of nitrogens with one attached hydrogen (secondary N) is 2. The zero-order valence-corrected chi connectivity index (χ0v) is 23.9. The van der Waals surface area contributed by atoms with E-state index in [-0.39, 0.29) is 18.3 Å². The summed E-state index contributed by atoms with van der Waals surface area (Å²) in [5, 5.41) is 16.5. The summed E-state index contributed by atoms with van der Waals surface area (Å²) in [4.78, 5) is 41.4. The number of aromatic hydroxyl groups is 1. The van der Waals surface area contributed by atoms with Gasteiger partial charge in [-0.3, -0.25) is 9.59 Å². The Hall–Kier alpha value is -3.55. The fourth-order valence-corrected chi connectivity index (χ4v) is 4.15. The Morgan fingerprint density at radius 1 is 0.947 bits per heavy atom. The first-order valence-electron chi connectivity index (χ1n) is 13.1. The number of benzene rings is 2. The lowest BCUT2D eigenvalue weighted by atomic mass is 9.96. The molecule has 2 aromatic carbocycles. The summed E-state index contributed by atoms with van der Waals surface area (Å²) in [5.74, 6) is -0.576. The number of nitrogens with zero attached hydrogens (tertiary/aromatic N) is 1. The van der Waals surface area contributed by atoms with Crippen LogP contribution in [0, 0.1) is 19.8 Å². The predicted octanol–water partition coefficient (Wildman–Crippen LogP) is 5.87. The SMILES string of the molecule is Cc1ccccc1NC(=O)C(c1cccc(C)c1O)N(C(=O)CNC(=O)OC(C)(C)C)C(C)CCC(C)C. The highest BCUT2D eigenvalue weighted by Gasteiger charge is 2.37. The normalized spacial score (nSPS) is 13.0. The number of amides is 3. The quantitative estimate of drug-likeness (QED) is 0.360. The molecule has 0 saturated heterocycles. The van der Waals surface area contributed by atoms with Gasteiger partial charge in [0.25, 0.3) is 5.91 Å². The van der Waals surface area contributed by atoms with Crippen molar-refractivity contribution >= 4 is 23.6 Å². The number of hydrogen-bond acceptors (Lipinski definition) is 5. The predicted molar refractivity (Wildman–Crippen MR) is 150 cm³/mol. The van der Waals surface area contributed by atoms with Crippen molar-refractivity contribution in [3.63, 3.8) is 0 Å². The molecule has 2 aromatic rings. The molecule has 3 N–H and O–H groups in total. The monoisotopic (exact) mass is 525 g/mol. The Morgan fingerprint density at radius 2 is 1.58 bits per heavy atom. The summed E-state index contributed by atoms with van der Waals surface area (Å²) < 4.78 is 5.29. The van der Waals surface area contributed by atoms with Crippen molar-refractivity contribution in [3.8, 4) is 5.75 Å². The number of alkyl carbamates (subject to hydrolysis) is 1. The number of anilines is 1. The van der Waals surface area contributed by atoms with Gasteiger partial charge in [-0.15, -0.1) is 0 Å². The molecule has 208 valence electrons. The first-order valence-corrected chi connectivity index (χ1v) is 13.1. The summed E-state index contributed by atoms with van der Waals surface area (Å²) >= 11 is 0. The lowest BCUT2D eigenvalue weighted by molar-refractivity contribution is -0.141. The Labute approximate surface area is 226 Å². The zero-order valence-electron chi connectivity index (χ0n) is 23.9. The molecule has 8 nitrogen and oxygen atoms in total. The van der Waals surface area contributed by atoms with E-state index in [1.807, 2.05) is 32.0 Å². The van der Waals surface area contributed by atoms with E-state index in [0.29, 0.717) is 29.2 Å². The molecular weight excluding hydrogens is 482 g/mol. The molecular formula is C30H43N3O5. The maximum absolute atomic E-state index is 13.9. The number of ether oxygens (including phenoxy) is 1. The van der Waals surface area contributed by atoms with Crippen LogP contribution in [-0.4, -0.2) is 46.1 Å². The van der Waals surface area contributed by atoms with Crippen molar-refractivity contribution in [2.45, 2.75) is 85.9 Å². The summed E-state index contributed by atoms with van der Waals surface area (Å²) in [5.41, 5.74) is 1.67. The largest absolute Gasteiger partial charge is 0.507 e. The van der Waals surface area contributed by atoms with E-state index in [4.69, 9.17) is 4.74 Å². The Morgan fingerprint density at radius 3 is 2.18 bits per heavy atom. The molecule has 8 heteroatoms. The number of carbonyl (C=O) groups excluding carboxylic acids is 3. The van der Waals surface area contributed by atoms with E-state index in [9.17, 15) is 19.5 Å². The molecule has 0 spiro atoms. The highest BCUT2D eigenvalue weighted by Crippen LogP contribution is 2.35. The fourth-order valence-electron chi connectivity index (χ4n) is 4.15. The highest BCUT2D eigenvalue weighted by atomic mass is 16.6.